The third-order valence-electron chi connectivity index (χ3n) is 8.81. The SMILES string of the molecule is COc1cc(CCC(C)(C)N2Cc3cccc(C(=O)N4CCN(S(=O)B5CCCN5C)CC4)c3C2)ccc1O. The molecule has 2 aromatic rings. The van der Waals surface area contributed by atoms with Crippen LogP contribution in [0.5, 0.6) is 11.5 Å². The van der Waals surface area contributed by atoms with E-state index in [0.29, 0.717) is 31.9 Å². The molecule has 8 nitrogen and oxygen atoms in total. The van der Waals surface area contributed by atoms with Gasteiger partial charge in [0, 0.05) is 50.4 Å². The van der Waals surface area contributed by atoms with Crippen molar-refractivity contribution in [3.05, 3.63) is 58.7 Å². The van der Waals surface area contributed by atoms with Gasteiger partial charge in [-0.15, -0.1) is 0 Å². The molecule has 5 rings (SSSR count). The zero-order valence-corrected chi connectivity index (χ0v) is 24.5. The molecule has 0 spiro atoms. The molecule has 1 unspecified atom stereocenters. The van der Waals surface area contributed by atoms with Gasteiger partial charge in [0.15, 0.2) is 11.5 Å². The Morgan fingerprint density at radius 2 is 1.87 bits per heavy atom. The number of amides is 1. The summed E-state index contributed by atoms with van der Waals surface area (Å²) in [6.07, 6.45) is 3.99. The fourth-order valence-corrected chi connectivity index (χ4v) is 7.73. The Bertz CT molecular complexity index is 1230. The monoisotopic (exact) mass is 552 g/mol. The predicted octanol–water partition coefficient (Wildman–Crippen LogP) is 3.37. The van der Waals surface area contributed by atoms with Gasteiger partial charge in [-0.25, -0.2) is 4.31 Å². The molecule has 2 saturated heterocycles. The first kappa shape index (κ1) is 28.1. The average Bonchev–Trinajstić information content (AvgIpc) is 3.58. The van der Waals surface area contributed by atoms with Crippen LogP contribution in [0, 0.1) is 0 Å². The summed E-state index contributed by atoms with van der Waals surface area (Å²) >= 11 is 0. The minimum Gasteiger partial charge on any atom is -0.504 e. The van der Waals surface area contributed by atoms with Crippen molar-refractivity contribution < 1.29 is 18.8 Å². The molecule has 1 atom stereocenters. The Morgan fingerprint density at radius 3 is 2.56 bits per heavy atom. The molecule has 0 bridgehead atoms. The van der Waals surface area contributed by atoms with Crippen molar-refractivity contribution in [3.8, 4) is 11.5 Å². The molecule has 39 heavy (non-hydrogen) atoms. The van der Waals surface area contributed by atoms with Crippen LogP contribution in [0.2, 0.25) is 6.32 Å². The number of carbonyl (C=O) groups excluding carboxylic acids is 1. The lowest BCUT2D eigenvalue weighted by Gasteiger charge is -2.36. The van der Waals surface area contributed by atoms with Crippen LogP contribution in [0.1, 0.15) is 53.7 Å². The molecule has 0 saturated carbocycles. The molecule has 3 aliphatic rings. The number of aryl methyl sites for hydroxylation is 1. The van der Waals surface area contributed by atoms with Crippen molar-refractivity contribution in [1.82, 2.24) is 18.9 Å². The molecule has 3 aliphatic heterocycles. The van der Waals surface area contributed by atoms with Gasteiger partial charge in [0.2, 0.25) is 0 Å². The zero-order valence-electron chi connectivity index (χ0n) is 23.7. The fourth-order valence-electron chi connectivity index (χ4n) is 6.08. The lowest BCUT2D eigenvalue weighted by Crippen LogP contribution is -2.53. The van der Waals surface area contributed by atoms with Crippen molar-refractivity contribution in [1.29, 1.82) is 0 Å². The largest absolute Gasteiger partial charge is 0.504 e. The number of methoxy groups -OCH3 is 1. The van der Waals surface area contributed by atoms with Crippen LogP contribution in [0.4, 0.5) is 0 Å². The molecule has 0 radical (unpaired) electrons. The predicted molar refractivity (Wildman–Crippen MR) is 156 cm³/mol. The third-order valence-corrected chi connectivity index (χ3v) is 10.7. The van der Waals surface area contributed by atoms with E-state index in [1.807, 2.05) is 29.2 Å². The van der Waals surface area contributed by atoms with Gasteiger partial charge in [-0.3, -0.25) is 13.9 Å². The van der Waals surface area contributed by atoms with Gasteiger partial charge >= 0.3 is 6.13 Å². The van der Waals surface area contributed by atoms with Gasteiger partial charge in [-0.05, 0) is 87.9 Å². The Kier molecular flexibility index (Phi) is 8.38. The van der Waals surface area contributed by atoms with E-state index in [0.717, 1.165) is 61.9 Å². The van der Waals surface area contributed by atoms with Gasteiger partial charge < -0.3 is 19.6 Å². The van der Waals surface area contributed by atoms with Crippen LogP contribution in [-0.2, 0) is 30.3 Å². The van der Waals surface area contributed by atoms with Gasteiger partial charge in [0.05, 0.1) is 17.9 Å². The number of aromatic hydroxyl groups is 1. The van der Waals surface area contributed by atoms with Crippen LogP contribution in [0.3, 0.4) is 0 Å². The summed E-state index contributed by atoms with van der Waals surface area (Å²) in [7, 11) is 2.60. The second-order valence-corrected chi connectivity index (χ2v) is 13.3. The minimum atomic E-state index is -1.02. The van der Waals surface area contributed by atoms with Crippen molar-refractivity contribution in [3.63, 3.8) is 0 Å². The van der Waals surface area contributed by atoms with Crippen molar-refractivity contribution in [2.75, 3.05) is 46.9 Å². The quantitative estimate of drug-likeness (QED) is 0.507. The molecule has 10 heteroatoms. The number of piperazine rings is 1. The number of ether oxygens (including phenoxy) is 1. The Balaban J connectivity index is 1.21. The Labute approximate surface area is 235 Å². The highest BCUT2D eigenvalue weighted by Crippen LogP contribution is 2.35. The highest BCUT2D eigenvalue weighted by molar-refractivity contribution is 8.11. The number of phenols is 1. The highest BCUT2D eigenvalue weighted by atomic mass is 32.2. The van der Waals surface area contributed by atoms with E-state index >= 15 is 0 Å². The maximum absolute atomic E-state index is 13.7. The maximum atomic E-state index is 13.7. The first-order valence-electron chi connectivity index (χ1n) is 14.0. The average molecular weight is 553 g/mol. The standard InChI is InChI=1S/C29H41BN4O4S/c1-29(2,12-11-22-9-10-26(35)27(19-22)38-4)33-20-23-7-5-8-24(25(23)21-33)28(36)32-15-17-34(18-16-32)39(37)30-13-6-14-31(30)3/h5,7-10,19,35H,6,11-18,20-21H2,1-4H3. The molecule has 0 aliphatic carbocycles. The third kappa shape index (κ3) is 5.89. The lowest BCUT2D eigenvalue weighted by atomic mass is 9.89. The van der Waals surface area contributed by atoms with E-state index in [1.165, 1.54) is 5.56 Å². The van der Waals surface area contributed by atoms with E-state index in [9.17, 15) is 14.1 Å². The number of nitrogens with zero attached hydrogens (tertiary/aromatic N) is 4. The summed E-state index contributed by atoms with van der Waals surface area (Å²) in [5, 5.41) is 9.91. The molecule has 2 aromatic carbocycles. The number of fused-ring (bicyclic) bond motifs is 1. The van der Waals surface area contributed by atoms with Crippen LogP contribution < -0.4 is 4.74 Å². The summed E-state index contributed by atoms with van der Waals surface area (Å²) in [5.74, 6) is 0.745. The van der Waals surface area contributed by atoms with E-state index in [2.05, 4.69) is 41.0 Å². The number of rotatable bonds is 8. The summed E-state index contributed by atoms with van der Waals surface area (Å²) in [4.78, 5) is 20.3. The lowest BCUT2D eigenvalue weighted by molar-refractivity contribution is 0.0697. The molecule has 1 amide bonds. The van der Waals surface area contributed by atoms with Crippen LogP contribution in [-0.4, -0.2) is 92.7 Å². The molecule has 210 valence electrons. The number of hydrogen-bond donors (Lipinski definition) is 1. The highest BCUT2D eigenvalue weighted by Gasteiger charge is 2.38. The number of phenolic OH excluding ortho intramolecular Hbond substituents is 1. The maximum Gasteiger partial charge on any atom is 0.353 e. The van der Waals surface area contributed by atoms with Gasteiger partial charge in [-0.1, -0.05) is 18.2 Å². The second kappa shape index (κ2) is 11.6. The van der Waals surface area contributed by atoms with Gasteiger partial charge in [0.25, 0.3) is 5.91 Å². The molecule has 2 fully saturated rings. The van der Waals surface area contributed by atoms with Gasteiger partial charge in [0.1, 0.15) is 0 Å². The number of hydrogen-bond acceptors (Lipinski definition) is 6. The first-order valence-corrected chi connectivity index (χ1v) is 15.2. The van der Waals surface area contributed by atoms with E-state index in [4.69, 9.17) is 4.74 Å². The normalized spacial score (nSPS) is 19.9. The number of carbonyl (C=O) groups is 1. The van der Waals surface area contributed by atoms with Crippen LogP contribution >= 0.6 is 0 Å². The fraction of sp³-hybridized carbons (Fsp3) is 0.552. The molecule has 3 heterocycles. The summed E-state index contributed by atoms with van der Waals surface area (Å²) in [6.45, 7) is 9.63. The van der Waals surface area contributed by atoms with E-state index in [-0.39, 0.29) is 23.3 Å². The van der Waals surface area contributed by atoms with Crippen LogP contribution in [0.15, 0.2) is 36.4 Å². The van der Waals surface area contributed by atoms with Crippen molar-refractivity contribution >= 4 is 22.9 Å². The smallest absolute Gasteiger partial charge is 0.353 e. The summed E-state index contributed by atoms with van der Waals surface area (Å²) in [6, 6.07) is 11.7. The molecular weight excluding hydrogens is 511 g/mol. The number of benzene rings is 2. The van der Waals surface area contributed by atoms with Crippen molar-refractivity contribution in [2.24, 2.45) is 0 Å². The summed E-state index contributed by atoms with van der Waals surface area (Å²) < 4.78 is 20.4. The van der Waals surface area contributed by atoms with Crippen LogP contribution in [0.25, 0.3) is 0 Å². The van der Waals surface area contributed by atoms with Gasteiger partial charge in [-0.2, -0.15) is 0 Å². The molecule has 1 N–H and O–H groups in total. The zero-order chi connectivity index (χ0) is 27.7. The second-order valence-electron chi connectivity index (χ2n) is 11.7. The van der Waals surface area contributed by atoms with Crippen molar-refractivity contribution in [2.45, 2.75) is 58.1 Å². The topological polar surface area (TPSA) is 76.6 Å². The Hall–Kier alpha value is -2.40. The minimum absolute atomic E-state index is 0.0758. The van der Waals surface area contributed by atoms with E-state index < -0.39 is 10.8 Å². The molecular formula is C29H41BN4O4S. The summed E-state index contributed by atoms with van der Waals surface area (Å²) in [5.41, 5.74) is 4.22. The molecule has 0 aromatic heterocycles. The first-order chi connectivity index (χ1) is 18.7. The van der Waals surface area contributed by atoms with E-state index in [1.54, 1.807) is 13.2 Å². The Morgan fingerprint density at radius 1 is 1.10 bits per heavy atom.